The Labute approximate surface area is 125 Å². The van der Waals surface area contributed by atoms with Crippen molar-refractivity contribution in [2.45, 2.75) is 17.2 Å². The molecule has 0 fully saturated rings. The van der Waals surface area contributed by atoms with Crippen LogP contribution in [0.5, 0.6) is 0 Å². The van der Waals surface area contributed by atoms with E-state index in [1.54, 1.807) is 0 Å². The minimum Gasteiger partial charge on any atom is -0.464 e. The summed E-state index contributed by atoms with van der Waals surface area (Å²) in [4.78, 5) is 22.2. The number of rotatable bonds is 7. The highest BCUT2D eigenvalue weighted by molar-refractivity contribution is 7.86. The van der Waals surface area contributed by atoms with Crippen LogP contribution in [0, 0.1) is 0 Å². The lowest BCUT2D eigenvalue weighted by atomic mass is 10.2. The van der Waals surface area contributed by atoms with E-state index in [9.17, 15) is 40.0 Å². The first kappa shape index (κ1) is 21.2. The van der Waals surface area contributed by atoms with Crippen molar-refractivity contribution >= 4 is 22.1 Å². The second kappa shape index (κ2) is 6.76. The van der Waals surface area contributed by atoms with E-state index >= 15 is 0 Å². The summed E-state index contributed by atoms with van der Waals surface area (Å²) >= 11 is 0. The largest absolute Gasteiger partial charge is 0.468 e. The van der Waals surface area contributed by atoms with Gasteiger partial charge in [-0.2, -0.15) is 30.4 Å². The van der Waals surface area contributed by atoms with Crippen LogP contribution in [0.2, 0.25) is 0 Å². The first-order valence-corrected chi connectivity index (χ1v) is 6.58. The van der Waals surface area contributed by atoms with Crippen molar-refractivity contribution in [1.82, 2.24) is 0 Å². The number of carbonyl (C=O) groups is 2. The van der Waals surface area contributed by atoms with Gasteiger partial charge in [-0.05, 0) is 0 Å². The predicted octanol–water partition coefficient (Wildman–Crippen LogP) is 0.644. The van der Waals surface area contributed by atoms with Crippen LogP contribution >= 0.6 is 0 Å². The van der Waals surface area contributed by atoms with E-state index in [2.05, 4.69) is 20.8 Å². The fourth-order valence-electron chi connectivity index (χ4n) is 0.963. The Kier molecular flexibility index (Phi) is 6.23. The van der Waals surface area contributed by atoms with Gasteiger partial charge in [0.15, 0.2) is 0 Å². The van der Waals surface area contributed by atoms with Gasteiger partial charge in [-0.1, -0.05) is 6.58 Å². The van der Waals surface area contributed by atoms with Crippen molar-refractivity contribution < 1.29 is 58.7 Å². The van der Waals surface area contributed by atoms with Crippen LogP contribution in [0.15, 0.2) is 12.7 Å². The number of esters is 2. The maximum Gasteiger partial charge on any atom is 0.468 e. The fraction of sp³-hybridized carbons (Fsp3) is 0.556. The van der Waals surface area contributed by atoms with Crippen LogP contribution in [0.4, 0.5) is 22.0 Å². The molecule has 0 radical (unpaired) electrons. The summed E-state index contributed by atoms with van der Waals surface area (Å²) in [6, 6.07) is 0. The van der Waals surface area contributed by atoms with E-state index in [0.717, 1.165) is 0 Å². The highest BCUT2D eigenvalue weighted by atomic mass is 32.2. The lowest BCUT2D eigenvalue weighted by molar-refractivity contribution is -0.359. The number of alkyl halides is 5. The fourth-order valence-corrected chi connectivity index (χ4v) is 1.17. The molecule has 0 aliphatic heterocycles. The van der Waals surface area contributed by atoms with Crippen molar-refractivity contribution in [3.05, 3.63) is 12.7 Å². The lowest BCUT2D eigenvalue weighted by Gasteiger charge is -2.32. The van der Waals surface area contributed by atoms with Gasteiger partial charge in [0.25, 0.3) is 0 Å². The minimum absolute atomic E-state index is 0.147. The molecule has 23 heavy (non-hydrogen) atoms. The Morgan fingerprint density at radius 3 is 2.00 bits per heavy atom. The molecule has 1 unspecified atom stereocenters. The molecule has 8 nitrogen and oxygen atoms in total. The van der Waals surface area contributed by atoms with E-state index < -0.39 is 45.9 Å². The molecule has 0 amide bonds. The van der Waals surface area contributed by atoms with Crippen LogP contribution in [-0.4, -0.2) is 55.8 Å². The number of halogens is 5. The van der Waals surface area contributed by atoms with Gasteiger partial charge in [0.05, 0.1) is 7.11 Å². The molecule has 0 bridgehead atoms. The van der Waals surface area contributed by atoms with E-state index in [1.807, 2.05) is 0 Å². The summed E-state index contributed by atoms with van der Waals surface area (Å²) < 4.78 is 105. The van der Waals surface area contributed by atoms with Gasteiger partial charge in [-0.3, -0.25) is 4.55 Å². The molecule has 134 valence electrons. The zero-order chi connectivity index (χ0) is 18.7. The molecule has 0 aromatic carbocycles. The standard InChI is InChI=1S/C9H9F5O8S/c1-3-5(15)22-8(6(16)20-2,9(12,13)14)21-4-7(10,11)23(17,18)19/h3H,1,4H2,2H3,(H,17,18,19). The third-order valence-corrected chi connectivity index (χ3v) is 2.93. The number of carbonyl (C=O) groups excluding carboxylic acids is 2. The van der Waals surface area contributed by atoms with Crippen molar-refractivity contribution in [1.29, 1.82) is 0 Å². The Bertz CT molecular complexity index is 583. The van der Waals surface area contributed by atoms with Crippen LogP contribution in [0.3, 0.4) is 0 Å². The molecule has 0 aliphatic carbocycles. The Hall–Kier alpha value is -1.80. The van der Waals surface area contributed by atoms with E-state index in [-0.39, 0.29) is 6.08 Å². The number of methoxy groups -OCH3 is 1. The van der Waals surface area contributed by atoms with Gasteiger partial charge < -0.3 is 14.2 Å². The number of hydrogen-bond donors (Lipinski definition) is 1. The average Bonchev–Trinajstić information content (AvgIpc) is 2.39. The van der Waals surface area contributed by atoms with Gasteiger partial charge in [0.2, 0.25) is 0 Å². The van der Waals surface area contributed by atoms with Crippen molar-refractivity contribution in [3.63, 3.8) is 0 Å². The van der Waals surface area contributed by atoms with Crippen LogP contribution in [0.1, 0.15) is 0 Å². The summed E-state index contributed by atoms with van der Waals surface area (Å²) in [6.07, 6.45) is -5.79. The normalized spacial score (nSPS) is 15.4. The average molecular weight is 372 g/mol. The first-order chi connectivity index (χ1) is 10.1. The van der Waals surface area contributed by atoms with Crippen molar-refractivity contribution in [2.75, 3.05) is 13.7 Å². The second-order valence-electron chi connectivity index (χ2n) is 3.63. The van der Waals surface area contributed by atoms with Gasteiger partial charge in [0, 0.05) is 6.08 Å². The molecule has 0 saturated carbocycles. The molecule has 0 aromatic rings. The third kappa shape index (κ3) is 4.59. The van der Waals surface area contributed by atoms with E-state index in [0.29, 0.717) is 7.11 Å². The summed E-state index contributed by atoms with van der Waals surface area (Å²) in [5.74, 6) is -9.09. The molecule has 0 rings (SSSR count). The van der Waals surface area contributed by atoms with Crippen molar-refractivity contribution in [3.8, 4) is 0 Å². The highest BCUT2D eigenvalue weighted by Gasteiger charge is 2.68. The number of ether oxygens (including phenoxy) is 3. The molecule has 0 spiro atoms. The van der Waals surface area contributed by atoms with Crippen LogP contribution < -0.4 is 0 Å². The smallest absolute Gasteiger partial charge is 0.464 e. The Balaban J connectivity index is 5.90. The third-order valence-electron chi connectivity index (χ3n) is 2.06. The van der Waals surface area contributed by atoms with Gasteiger partial charge in [-0.25, -0.2) is 9.59 Å². The highest BCUT2D eigenvalue weighted by Crippen LogP contribution is 2.38. The minimum atomic E-state index is -6.18. The van der Waals surface area contributed by atoms with Gasteiger partial charge in [0.1, 0.15) is 6.61 Å². The van der Waals surface area contributed by atoms with Crippen molar-refractivity contribution in [2.24, 2.45) is 0 Å². The van der Waals surface area contributed by atoms with Gasteiger partial charge >= 0.3 is 39.3 Å². The molecule has 0 heterocycles. The zero-order valence-electron chi connectivity index (χ0n) is 11.1. The zero-order valence-corrected chi connectivity index (χ0v) is 11.9. The summed E-state index contributed by atoms with van der Waals surface area (Å²) in [5.41, 5.74) is 0. The maximum atomic E-state index is 13.0. The Morgan fingerprint density at radius 2 is 1.70 bits per heavy atom. The van der Waals surface area contributed by atoms with E-state index in [1.165, 1.54) is 0 Å². The maximum absolute atomic E-state index is 13.0. The topological polar surface area (TPSA) is 116 Å². The van der Waals surface area contributed by atoms with E-state index in [4.69, 9.17) is 4.55 Å². The quantitative estimate of drug-likeness (QED) is 0.228. The Morgan fingerprint density at radius 1 is 1.22 bits per heavy atom. The SMILES string of the molecule is C=CC(=O)OC(OCC(F)(F)S(=O)(=O)O)(C(=O)OC)C(F)(F)F. The molecule has 0 aliphatic rings. The molecule has 1 N–H and O–H groups in total. The predicted molar refractivity (Wildman–Crippen MR) is 59.5 cm³/mol. The van der Waals surface area contributed by atoms with Gasteiger partial charge in [-0.15, -0.1) is 0 Å². The number of hydrogen-bond acceptors (Lipinski definition) is 7. The summed E-state index contributed by atoms with van der Waals surface area (Å²) in [5, 5.41) is -5.24. The second-order valence-corrected chi connectivity index (χ2v) is 5.18. The first-order valence-electron chi connectivity index (χ1n) is 5.14. The molecule has 14 heteroatoms. The molecule has 1 atom stereocenters. The molecular formula is C9H9F5O8S. The molecule has 0 aromatic heterocycles. The summed E-state index contributed by atoms with van der Waals surface area (Å²) in [6.45, 7) is 0.0508. The monoisotopic (exact) mass is 372 g/mol. The summed E-state index contributed by atoms with van der Waals surface area (Å²) in [7, 11) is -5.79. The molecule has 0 saturated heterocycles. The van der Waals surface area contributed by atoms with Crippen LogP contribution in [0.25, 0.3) is 0 Å². The molecular weight excluding hydrogens is 363 g/mol. The lowest BCUT2D eigenvalue weighted by Crippen LogP contribution is -2.59. The van der Waals surface area contributed by atoms with Crippen LogP contribution in [-0.2, 0) is 33.9 Å².